The van der Waals surface area contributed by atoms with E-state index in [1.165, 1.54) is 32.1 Å². The SMILES string of the molecule is C[C@@H]1CC/C=C\CCCCCCCC(=O)OCC1. The van der Waals surface area contributed by atoms with Gasteiger partial charge in [0.15, 0.2) is 0 Å². The van der Waals surface area contributed by atoms with E-state index < -0.39 is 0 Å². The van der Waals surface area contributed by atoms with Crippen LogP contribution in [0.3, 0.4) is 0 Å². The van der Waals surface area contributed by atoms with Crippen molar-refractivity contribution in [2.24, 2.45) is 5.92 Å². The van der Waals surface area contributed by atoms with E-state index in [0.717, 1.165) is 25.7 Å². The fourth-order valence-electron chi connectivity index (χ4n) is 2.27. The molecule has 0 saturated heterocycles. The summed E-state index contributed by atoms with van der Waals surface area (Å²) in [6.45, 7) is 2.84. The zero-order valence-electron chi connectivity index (χ0n) is 11.8. The van der Waals surface area contributed by atoms with Gasteiger partial charge >= 0.3 is 5.97 Å². The van der Waals surface area contributed by atoms with Gasteiger partial charge in [0.05, 0.1) is 6.61 Å². The maximum atomic E-state index is 11.4. The van der Waals surface area contributed by atoms with Gasteiger partial charge in [0, 0.05) is 6.42 Å². The second-order valence-electron chi connectivity index (χ2n) is 5.47. The molecule has 0 fully saturated rings. The van der Waals surface area contributed by atoms with E-state index >= 15 is 0 Å². The van der Waals surface area contributed by atoms with Crippen LogP contribution in [0.1, 0.15) is 71.1 Å². The molecule has 1 aliphatic heterocycles. The predicted molar refractivity (Wildman–Crippen MR) is 75.4 cm³/mol. The molecule has 0 aromatic rings. The molecule has 0 spiro atoms. The lowest BCUT2D eigenvalue weighted by molar-refractivity contribution is -0.144. The summed E-state index contributed by atoms with van der Waals surface area (Å²) in [6.07, 6.45) is 15.8. The summed E-state index contributed by atoms with van der Waals surface area (Å²) in [5.74, 6) is 0.643. The van der Waals surface area contributed by atoms with Crippen molar-refractivity contribution in [1.29, 1.82) is 0 Å². The van der Waals surface area contributed by atoms with Crippen LogP contribution in [0.5, 0.6) is 0 Å². The molecule has 1 aliphatic rings. The van der Waals surface area contributed by atoms with Crippen LogP contribution >= 0.6 is 0 Å². The van der Waals surface area contributed by atoms with Crippen LogP contribution in [-0.2, 0) is 9.53 Å². The van der Waals surface area contributed by atoms with Gasteiger partial charge in [0.1, 0.15) is 0 Å². The third-order valence-electron chi connectivity index (χ3n) is 3.62. The van der Waals surface area contributed by atoms with Gasteiger partial charge in [-0.25, -0.2) is 0 Å². The molecule has 18 heavy (non-hydrogen) atoms. The molecule has 2 nitrogen and oxygen atoms in total. The Morgan fingerprint density at radius 1 is 1.00 bits per heavy atom. The van der Waals surface area contributed by atoms with Crippen molar-refractivity contribution in [2.45, 2.75) is 71.1 Å². The minimum Gasteiger partial charge on any atom is -0.466 e. The molecule has 2 heteroatoms. The monoisotopic (exact) mass is 252 g/mol. The van der Waals surface area contributed by atoms with Crippen molar-refractivity contribution in [3.8, 4) is 0 Å². The highest BCUT2D eigenvalue weighted by atomic mass is 16.5. The van der Waals surface area contributed by atoms with Crippen LogP contribution in [-0.4, -0.2) is 12.6 Å². The molecule has 0 radical (unpaired) electrons. The maximum absolute atomic E-state index is 11.4. The van der Waals surface area contributed by atoms with E-state index in [0.29, 0.717) is 18.9 Å². The quantitative estimate of drug-likeness (QED) is 0.464. The Hall–Kier alpha value is -0.790. The molecule has 0 aliphatic carbocycles. The Labute approximate surface area is 112 Å². The third-order valence-corrected chi connectivity index (χ3v) is 3.62. The van der Waals surface area contributed by atoms with Gasteiger partial charge in [-0.05, 0) is 44.4 Å². The molecule has 0 aromatic heterocycles. The minimum absolute atomic E-state index is 0.00538. The van der Waals surface area contributed by atoms with Crippen LogP contribution in [0.25, 0.3) is 0 Å². The van der Waals surface area contributed by atoms with Gasteiger partial charge in [0.25, 0.3) is 0 Å². The van der Waals surface area contributed by atoms with Crippen LogP contribution in [0.15, 0.2) is 12.2 Å². The molecule has 1 atom stereocenters. The fourth-order valence-corrected chi connectivity index (χ4v) is 2.27. The average Bonchev–Trinajstić information content (AvgIpc) is 2.34. The minimum atomic E-state index is -0.00538. The Balaban J connectivity index is 2.27. The number of rotatable bonds is 0. The van der Waals surface area contributed by atoms with Gasteiger partial charge in [-0.3, -0.25) is 4.79 Å². The van der Waals surface area contributed by atoms with Gasteiger partial charge in [-0.1, -0.05) is 38.3 Å². The molecular weight excluding hydrogens is 224 g/mol. The summed E-state index contributed by atoms with van der Waals surface area (Å²) in [7, 11) is 0. The highest BCUT2D eigenvalue weighted by molar-refractivity contribution is 5.69. The number of esters is 1. The molecule has 104 valence electrons. The van der Waals surface area contributed by atoms with Crippen LogP contribution in [0.4, 0.5) is 0 Å². The lowest BCUT2D eigenvalue weighted by atomic mass is 10.0. The summed E-state index contributed by atoms with van der Waals surface area (Å²) in [5.41, 5.74) is 0. The van der Waals surface area contributed by atoms with Crippen molar-refractivity contribution < 1.29 is 9.53 Å². The first-order valence-corrected chi connectivity index (χ1v) is 7.59. The summed E-state index contributed by atoms with van der Waals surface area (Å²) in [6, 6.07) is 0. The van der Waals surface area contributed by atoms with E-state index in [2.05, 4.69) is 19.1 Å². The molecule has 0 amide bonds. The summed E-state index contributed by atoms with van der Waals surface area (Å²) < 4.78 is 5.26. The highest BCUT2D eigenvalue weighted by Crippen LogP contribution is 2.13. The molecule has 0 aromatic carbocycles. The molecule has 1 heterocycles. The van der Waals surface area contributed by atoms with Crippen LogP contribution in [0.2, 0.25) is 0 Å². The van der Waals surface area contributed by atoms with Crippen molar-refractivity contribution in [1.82, 2.24) is 0 Å². The van der Waals surface area contributed by atoms with Crippen LogP contribution < -0.4 is 0 Å². The number of hydrogen-bond donors (Lipinski definition) is 0. The number of hydrogen-bond acceptors (Lipinski definition) is 2. The zero-order chi connectivity index (χ0) is 13.1. The molecule has 0 unspecified atom stereocenters. The van der Waals surface area contributed by atoms with Gasteiger partial charge in [-0.2, -0.15) is 0 Å². The Bertz CT molecular complexity index is 245. The largest absolute Gasteiger partial charge is 0.466 e. The Morgan fingerprint density at radius 2 is 1.72 bits per heavy atom. The first-order valence-electron chi connectivity index (χ1n) is 7.59. The van der Waals surface area contributed by atoms with E-state index in [-0.39, 0.29) is 5.97 Å². The second kappa shape index (κ2) is 10.2. The number of allylic oxidation sites excluding steroid dienone is 2. The van der Waals surface area contributed by atoms with Crippen molar-refractivity contribution in [3.63, 3.8) is 0 Å². The zero-order valence-corrected chi connectivity index (χ0v) is 11.8. The fraction of sp³-hybridized carbons (Fsp3) is 0.812. The molecule has 1 rings (SSSR count). The Morgan fingerprint density at radius 3 is 2.61 bits per heavy atom. The molecular formula is C16H28O2. The second-order valence-corrected chi connectivity index (χ2v) is 5.47. The number of ether oxygens (including phenoxy) is 1. The van der Waals surface area contributed by atoms with E-state index in [9.17, 15) is 4.79 Å². The van der Waals surface area contributed by atoms with E-state index in [4.69, 9.17) is 4.74 Å². The number of carbonyl (C=O) groups excluding carboxylic acids is 1. The number of carbonyl (C=O) groups is 1. The normalized spacial score (nSPS) is 27.4. The molecule has 0 bridgehead atoms. The van der Waals surface area contributed by atoms with Crippen LogP contribution in [0, 0.1) is 5.92 Å². The van der Waals surface area contributed by atoms with E-state index in [1.54, 1.807) is 0 Å². The number of cyclic esters (lactones) is 1. The third kappa shape index (κ3) is 8.32. The predicted octanol–water partition coefficient (Wildman–Crippen LogP) is 4.64. The maximum Gasteiger partial charge on any atom is 0.305 e. The summed E-state index contributed by atoms with van der Waals surface area (Å²) in [4.78, 5) is 11.4. The van der Waals surface area contributed by atoms with Crippen molar-refractivity contribution in [3.05, 3.63) is 12.2 Å². The van der Waals surface area contributed by atoms with Crippen molar-refractivity contribution >= 4 is 5.97 Å². The summed E-state index contributed by atoms with van der Waals surface area (Å²) >= 11 is 0. The lowest BCUT2D eigenvalue weighted by Gasteiger charge is -2.10. The first kappa shape index (κ1) is 15.3. The first-order chi connectivity index (χ1) is 8.79. The highest BCUT2D eigenvalue weighted by Gasteiger charge is 2.05. The van der Waals surface area contributed by atoms with Gasteiger partial charge in [-0.15, -0.1) is 0 Å². The topological polar surface area (TPSA) is 26.3 Å². The van der Waals surface area contributed by atoms with Crippen molar-refractivity contribution in [2.75, 3.05) is 6.61 Å². The lowest BCUT2D eigenvalue weighted by Crippen LogP contribution is -2.08. The Kier molecular flexibility index (Phi) is 8.62. The van der Waals surface area contributed by atoms with Gasteiger partial charge < -0.3 is 4.74 Å². The molecule has 0 N–H and O–H groups in total. The van der Waals surface area contributed by atoms with Gasteiger partial charge in [0.2, 0.25) is 0 Å². The summed E-state index contributed by atoms with van der Waals surface area (Å²) in [5, 5.41) is 0. The van der Waals surface area contributed by atoms with E-state index in [1.807, 2.05) is 0 Å². The smallest absolute Gasteiger partial charge is 0.305 e. The molecule has 0 saturated carbocycles. The average molecular weight is 252 g/mol. The standard InChI is InChI=1S/C16H28O2/c1-15-11-9-7-5-3-2-4-6-8-10-12-16(17)18-14-13-15/h5,7,15H,2-4,6,8-14H2,1H3/b7-5-/t15-/m1/s1.